The molecule has 0 aliphatic carbocycles. The summed E-state index contributed by atoms with van der Waals surface area (Å²) in [5, 5.41) is 24.8. The third-order valence-electron chi connectivity index (χ3n) is 8.36. The molecule has 15 heteroatoms. The quantitative estimate of drug-likeness (QED) is 0.283. The predicted molar refractivity (Wildman–Crippen MR) is 175 cm³/mol. The SMILES string of the molecule is N#Cc1cccc(S(=O)(=O)N2C[C@H](N3CCCCC3)C[C@H]2C(=O)N[C@@H](Cc2ccc(NC(=O)c3c(Cl)cncc3Cl)cc2)C(=O)O)c1. The number of piperidine rings is 1. The van der Waals surface area contributed by atoms with Gasteiger partial charge < -0.3 is 15.7 Å². The topological polar surface area (TPSA) is 173 Å². The van der Waals surface area contributed by atoms with Crippen LogP contribution >= 0.6 is 23.2 Å². The molecular formula is C32H32Cl2N6O6S. The Morgan fingerprint density at radius 1 is 1.04 bits per heavy atom. The normalized spacial score (nSPS) is 19.4. The molecule has 47 heavy (non-hydrogen) atoms. The van der Waals surface area contributed by atoms with Crippen LogP contribution in [0, 0.1) is 11.3 Å². The van der Waals surface area contributed by atoms with Crippen LogP contribution < -0.4 is 10.6 Å². The van der Waals surface area contributed by atoms with Gasteiger partial charge in [-0.3, -0.25) is 19.5 Å². The van der Waals surface area contributed by atoms with Crippen molar-refractivity contribution >= 4 is 56.7 Å². The first-order valence-corrected chi connectivity index (χ1v) is 17.2. The summed E-state index contributed by atoms with van der Waals surface area (Å²) in [6.45, 7) is 1.64. The molecule has 1 aromatic heterocycles. The lowest BCUT2D eigenvalue weighted by Crippen LogP contribution is -2.51. The van der Waals surface area contributed by atoms with E-state index in [-0.39, 0.29) is 51.5 Å². The van der Waals surface area contributed by atoms with Gasteiger partial charge in [-0.15, -0.1) is 0 Å². The number of sulfonamides is 1. The molecule has 2 saturated heterocycles. The number of pyridine rings is 1. The minimum absolute atomic E-state index is 0.0596. The molecule has 2 amide bonds. The summed E-state index contributed by atoms with van der Waals surface area (Å²) in [6.07, 6.45) is 5.72. The van der Waals surface area contributed by atoms with Gasteiger partial charge >= 0.3 is 5.97 Å². The summed E-state index contributed by atoms with van der Waals surface area (Å²) in [5.74, 6) is -2.56. The van der Waals surface area contributed by atoms with Crippen LogP contribution in [0.5, 0.6) is 0 Å². The summed E-state index contributed by atoms with van der Waals surface area (Å²) in [5.41, 5.74) is 1.17. The Kier molecular flexibility index (Phi) is 10.8. The molecule has 0 radical (unpaired) electrons. The van der Waals surface area contributed by atoms with E-state index in [0.717, 1.165) is 36.7 Å². The average Bonchev–Trinajstić information content (AvgIpc) is 3.52. The van der Waals surface area contributed by atoms with Crippen molar-refractivity contribution in [1.82, 2.24) is 19.5 Å². The number of benzene rings is 2. The van der Waals surface area contributed by atoms with Gasteiger partial charge in [0.15, 0.2) is 0 Å². The van der Waals surface area contributed by atoms with E-state index in [0.29, 0.717) is 11.3 Å². The molecule has 3 N–H and O–H groups in total. The number of nitrogens with one attached hydrogen (secondary N) is 2. The van der Waals surface area contributed by atoms with Gasteiger partial charge in [0, 0.05) is 37.1 Å². The number of nitriles is 1. The molecule has 3 heterocycles. The summed E-state index contributed by atoms with van der Waals surface area (Å²) in [7, 11) is -4.20. The first kappa shape index (κ1) is 34.3. The highest BCUT2D eigenvalue weighted by Gasteiger charge is 2.46. The summed E-state index contributed by atoms with van der Waals surface area (Å²) >= 11 is 12.1. The second-order valence-electron chi connectivity index (χ2n) is 11.4. The van der Waals surface area contributed by atoms with Crippen LogP contribution in [-0.4, -0.2) is 83.3 Å². The Hall–Kier alpha value is -4.06. The van der Waals surface area contributed by atoms with Gasteiger partial charge in [0.1, 0.15) is 12.1 Å². The molecule has 2 aliphatic heterocycles. The maximum Gasteiger partial charge on any atom is 0.326 e. The highest BCUT2D eigenvalue weighted by Crippen LogP contribution is 2.31. The number of nitrogens with zero attached hydrogens (tertiary/aromatic N) is 4. The molecular weight excluding hydrogens is 667 g/mol. The zero-order valence-corrected chi connectivity index (χ0v) is 27.4. The predicted octanol–water partition coefficient (Wildman–Crippen LogP) is 3.94. The minimum atomic E-state index is -4.20. The fourth-order valence-corrected chi connectivity index (χ4v) is 8.17. The van der Waals surface area contributed by atoms with Crippen molar-refractivity contribution in [2.45, 2.75) is 55.1 Å². The molecule has 2 fully saturated rings. The number of halogens is 2. The second kappa shape index (κ2) is 14.8. The van der Waals surface area contributed by atoms with Crippen molar-refractivity contribution < 1.29 is 27.9 Å². The Bertz CT molecular complexity index is 1790. The van der Waals surface area contributed by atoms with Crippen molar-refractivity contribution in [1.29, 1.82) is 5.26 Å². The number of carboxylic acid groups (broad SMARTS) is 1. The number of amides is 2. The molecule has 12 nitrogen and oxygen atoms in total. The zero-order valence-electron chi connectivity index (χ0n) is 25.1. The third-order valence-corrected chi connectivity index (χ3v) is 10.8. The van der Waals surface area contributed by atoms with Crippen LogP contribution in [0.25, 0.3) is 0 Å². The van der Waals surface area contributed by atoms with E-state index in [1.807, 2.05) is 6.07 Å². The maximum atomic E-state index is 13.8. The number of anilines is 1. The Labute approximate surface area is 282 Å². The van der Waals surface area contributed by atoms with Crippen LogP contribution in [0.2, 0.25) is 10.0 Å². The number of carboxylic acids is 1. The van der Waals surface area contributed by atoms with Gasteiger partial charge in [0.05, 0.1) is 32.1 Å². The first-order chi connectivity index (χ1) is 22.5. The van der Waals surface area contributed by atoms with E-state index < -0.39 is 39.9 Å². The second-order valence-corrected chi connectivity index (χ2v) is 14.2. The highest BCUT2D eigenvalue weighted by atomic mass is 35.5. The molecule has 246 valence electrons. The number of hydrogen-bond donors (Lipinski definition) is 3. The molecule has 3 aromatic rings. The monoisotopic (exact) mass is 698 g/mol. The number of aromatic nitrogens is 1. The number of rotatable bonds is 10. The molecule has 0 spiro atoms. The van der Waals surface area contributed by atoms with Crippen molar-refractivity contribution in [3.8, 4) is 6.07 Å². The van der Waals surface area contributed by atoms with Crippen molar-refractivity contribution in [3.63, 3.8) is 0 Å². The van der Waals surface area contributed by atoms with E-state index >= 15 is 0 Å². The van der Waals surface area contributed by atoms with Crippen LogP contribution in [0.3, 0.4) is 0 Å². The minimum Gasteiger partial charge on any atom is -0.480 e. The van der Waals surface area contributed by atoms with Crippen LogP contribution in [0.15, 0.2) is 65.8 Å². The standard InChI is InChI=1S/C32H32Cl2N6O6S/c33-25-17-36-18-26(34)29(25)31(42)37-22-9-7-20(8-10-22)14-27(32(43)44)38-30(41)28-15-23(39-11-2-1-3-12-39)19-40(28)47(45,46)24-6-4-5-21(13-24)16-35/h4-10,13,17-18,23,27-28H,1-3,11-12,14-15,19H2,(H,37,42)(H,38,41)(H,43,44)/t23-,27+,28+/m1/s1. The molecule has 3 atom stereocenters. The van der Waals surface area contributed by atoms with Crippen LogP contribution in [0.1, 0.15) is 47.2 Å². The van der Waals surface area contributed by atoms with Crippen LogP contribution in [0.4, 0.5) is 5.69 Å². The fraction of sp³-hybridized carbons (Fsp3) is 0.344. The Morgan fingerprint density at radius 3 is 2.36 bits per heavy atom. The van der Waals surface area contributed by atoms with Crippen molar-refractivity contribution in [2.75, 3.05) is 25.0 Å². The Balaban J connectivity index is 1.32. The fourth-order valence-electron chi connectivity index (χ4n) is 5.95. The van der Waals surface area contributed by atoms with Gasteiger partial charge in [-0.2, -0.15) is 9.57 Å². The van der Waals surface area contributed by atoms with Crippen molar-refractivity contribution in [3.05, 3.63) is 87.7 Å². The first-order valence-electron chi connectivity index (χ1n) is 15.0. The van der Waals surface area contributed by atoms with E-state index in [1.54, 1.807) is 24.3 Å². The zero-order chi connectivity index (χ0) is 33.7. The van der Waals surface area contributed by atoms with E-state index in [1.165, 1.54) is 36.7 Å². The lowest BCUT2D eigenvalue weighted by atomic mass is 10.0. The van der Waals surface area contributed by atoms with Crippen molar-refractivity contribution in [2.24, 2.45) is 0 Å². The molecule has 5 rings (SSSR count). The van der Waals surface area contributed by atoms with Gasteiger partial charge in [-0.1, -0.05) is 47.8 Å². The van der Waals surface area contributed by atoms with Gasteiger partial charge in [-0.25, -0.2) is 13.2 Å². The summed E-state index contributed by atoms with van der Waals surface area (Å²) in [4.78, 5) is 44.6. The number of carbonyl (C=O) groups excluding carboxylic acids is 2. The van der Waals surface area contributed by atoms with E-state index in [2.05, 4.69) is 20.5 Å². The third kappa shape index (κ3) is 7.91. The number of hydrogen-bond acceptors (Lipinski definition) is 8. The molecule has 2 aliphatic rings. The summed E-state index contributed by atoms with van der Waals surface area (Å²) < 4.78 is 28.8. The highest BCUT2D eigenvalue weighted by molar-refractivity contribution is 7.89. The smallest absolute Gasteiger partial charge is 0.326 e. The summed E-state index contributed by atoms with van der Waals surface area (Å²) in [6, 6.07) is 11.2. The lowest BCUT2D eigenvalue weighted by molar-refractivity contribution is -0.142. The lowest BCUT2D eigenvalue weighted by Gasteiger charge is -2.32. The van der Waals surface area contributed by atoms with Crippen LogP contribution in [-0.2, 0) is 26.0 Å². The van der Waals surface area contributed by atoms with Gasteiger partial charge in [-0.05, 0) is 68.2 Å². The number of aliphatic carboxylic acids is 1. The van der Waals surface area contributed by atoms with Gasteiger partial charge in [0.25, 0.3) is 5.91 Å². The average molecular weight is 700 g/mol. The molecule has 0 bridgehead atoms. The molecule has 0 unspecified atom stereocenters. The molecule has 0 saturated carbocycles. The Morgan fingerprint density at radius 2 is 1.72 bits per heavy atom. The molecule has 2 aromatic carbocycles. The maximum absolute atomic E-state index is 13.8. The number of carbonyl (C=O) groups is 3. The van der Waals surface area contributed by atoms with Gasteiger partial charge in [0.2, 0.25) is 15.9 Å². The van der Waals surface area contributed by atoms with E-state index in [9.17, 15) is 33.2 Å². The largest absolute Gasteiger partial charge is 0.480 e. The number of likely N-dealkylation sites (tertiary alicyclic amines) is 1. The van der Waals surface area contributed by atoms with E-state index in [4.69, 9.17) is 23.2 Å².